The van der Waals surface area contributed by atoms with Crippen LogP contribution in [-0.2, 0) is 0 Å². The van der Waals surface area contributed by atoms with E-state index in [0.717, 1.165) is 23.0 Å². The number of hydrogen-bond acceptors (Lipinski definition) is 4. The van der Waals surface area contributed by atoms with Gasteiger partial charge in [-0.25, -0.2) is 0 Å². The zero-order valence-corrected chi connectivity index (χ0v) is 20.9. The minimum absolute atomic E-state index is 0.403. The van der Waals surface area contributed by atoms with Gasteiger partial charge in [-0.1, -0.05) is 38.2 Å². The Kier molecular flexibility index (Phi) is 7.36. The second-order valence-corrected chi connectivity index (χ2v) is 11.7. The van der Waals surface area contributed by atoms with Crippen LogP contribution in [0.25, 0.3) is 0 Å². The summed E-state index contributed by atoms with van der Waals surface area (Å²) in [5.74, 6) is 2.21. The normalized spacial score (nSPS) is 43.1. The van der Waals surface area contributed by atoms with Gasteiger partial charge in [-0.05, 0) is 86.8 Å². The van der Waals surface area contributed by atoms with Gasteiger partial charge in [0.05, 0.1) is 12.2 Å². The number of aliphatic hydroxyl groups is 2. The Hall–Kier alpha value is -0.940. The largest absolute Gasteiger partial charge is 0.393 e. The Labute approximate surface area is 196 Å². The van der Waals surface area contributed by atoms with E-state index in [4.69, 9.17) is 0 Å². The van der Waals surface area contributed by atoms with Crippen molar-refractivity contribution < 1.29 is 10.2 Å². The van der Waals surface area contributed by atoms with Crippen molar-refractivity contribution in [1.29, 1.82) is 0 Å². The maximum Gasteiger partial charge on any atom is 0.0811 e. The molecule has 4 nitrogen and oxygen atoms in total. The zero-order chi connectivity index (χ0) is 23.0. The number of piperazine rings is 1. The maximum absolute atomic E-state index is 10.2. The van der Waals surface area contributed by atoms with E-state index in [2.05, 4.69) is 56.3 Å². The minimum Gasteiger partial charge on any atom is -0.393 e. The fourth-order valence-corrected chi connectivity index (χ4v) is 7.62. The molecule has 4 aliphatic rings. The number of rotatable bonds is 4. The van der Waals surface area contributed by atoms with Crippen molar-refractivity contribution in [2.75, 3.05) is 33.2 Å². The van der Waals surface area contributed by atoms with Crippen molar-refractivity contribution in [3.63, 3.8) is 0 Å². The van der Waals surface area contributed by atoms with Gasteiger partial charge in [0, 0.05) is 38.6 Å². The molecule has 3 aliphatic carbocycles. The van der Waals surface area contributed by atoms with Gasteiger partial charge in [0.25, 0.3) is 0 Å². The molecule has 180 valence electrons. The SMILES string of the molecule is C=C1/C(=C\C=C2/CCC[C@]3(C)[C@@H]([C@H](C)CN4CCN(C)C[C@H]4C)CC[C@@H]23)CC(O)CC1O. The Morgan fingerprint density at radius 3 is 2.75 bits per heavy atom. The average Bonchev–Trinajstić information content (AvgIpc) is 3.09. The molecule has 2 N–H and O–H groups in total. The number of likely N-dealkylation sites (N-methyl/N-ethyl adjacent to an activating group) is 1. The van der Waals surface area contributed by atoms with Gasteiger partial charge in [0.1, 0.15) is 0 Å². The second kappa shape index (κ2) is 9.74. The van der Waals surface area contributed by atoms with E-state index in [1.165, 1.54) is 58.3 Å². The molecule has 0 aromatic carbocycles. The molecule has 0 aromatic heterocycles. The molecule has 0 aromatic rings. The highest BCUT2D eigenvalue weighted by Gasteiger charge is 2.50. The highest BCUT2D eigenvalue weighted by atomic mass is 16.3. The van der Waals surface area contributed by atoms with Crippen LogP contribution in [0.15, 0.2) is 35.5 Å². The van der Waals surface area contributed by atoms with Crippen LogP contribution in [-0.4, -0.2) is 71.5 Å². The molecule has 1 saturated heterocycles. The van der Waals surface area contributed by atoms with Crippen LogP contribution < -0.4 is 0 Å². The van der Waals surface area contributed by atoms with Crippen molar-refractivity contribution in [2.45, 2.75) is 84.0 Å². The van der Waals surface area contributed by atoms with E-state index in [0.29, 0.717) is 30.2 Å². The molecular formula is C28H46N2O2. The lowest BCUT2D eigenvalue weighted by atomic mass is 9.61. The Balaban J connectivity index is 1.46. The predicted molar refractivity (Wildman–Crippen MR) is 132 cm³/mol. The first-order chi connectivity index (χ1) is 15.2. The fraction of sp³-hybridized carbons (Fsp3) is 0.786. The van der Waals surface area contributed by atoms with Crippen molar-refractivity contribution in [1.82, 2.24) is 9.80 Å². The molecule has 1 aliphatic heterocycles. The number of fused-ring (bicyclic) bond motifs is 1. The molecule has 4 rings (SSSR count). The smallest absolute Gasteiger partial charge is 0.0811 e. The second-order valence-electron chi connectivity index (χ2n) is 11.7. The molecule has 3 saturated carbocycles. The maximum atomic E-state index is 10.2. The first kappa shape index (κ1) is 24.2. The Bertz CT molecular complexity index is 759. The molecule has 2 unspecified atom stereocenters. The van der Waals surface area contributed by atoms with Gasteiger partial charge in [-0.15, -0.1) is 0 Å². The number of hydrogen-bond donors (Lipinski definition) is 2. The molecule has 0 bridgehead atoms. The third kappa shape index (κ3) is 4.80. The zero-order valence-electron chi connectivity index (χ0n) is 20.9. The molecule has 0 amide bonds. The van der Waals surface area contributed by atoms with Crippen LogP contribution in [0.3, 0.4) is 0 Å². The molecule has 32 heavy (non-hydrogen) atoms. The molecule has 1 heterocycles. The van der Waals surface area contributed by atoms with Gasteiger partial charge in [0.15, 0.2) is 0 Å². The van der Waals surface area contributed by atoms with Crippen molar-refractivity contribution in [3.8, 4) is 0 Å². The lowest BCUT2D eigenvalue weighted by Gasteiger charge is -2.46. The van der Waals surface area contributed by atoms with Crippen molar-refractivity contribution in [2.24, 2.45) is 23.2 Å². The minimum atomic E-state index is -0.603. The van der Waals surface area contributed by atoms with E-state index in [1.807, 2.05) is 0 Å². The summed E-state index contributed by atoms with van der Waals surface area (Å²) in [6.45, 7) is 16.4. The average molecular weight is 443 g/mol. The topological polar surface area (TPSA) is 46.9 Å². The van der Waals surface area contributed by atoms with Crippen LogP contribution >= 0.6 is 0 Å². The third-order valence-electron chi connectivity index (χ3n) is 9.48. The predicted octanol–water partition coefficient (Wildman–Crippen LogP) is 4.40. The van der Waals surface area contributed by atoms with Crippen molar-refractivity contribution in [3.05, 3.63) is 35.5 Å². The van der Waals surface area contributed by atoms with Crippen LogP contribution in [0, 0.1) is 23.2 Å². The number of nitrogens with zero attached hydrogens (tertiary/aromatic N) is 2. The summed E-state index contributed by atoms with van der Waals surface area (Å²) >= 11 is 0. The Morgan fingerprint density at radius 1 is 1.22 bits per heavy atom. The van der Waals surface area contributed by atoms with Crippen molar-refractivity contribution >= 4 is 0 Å². The van der Waals surface area contributed by atoms with Gasteiger partial charge < -0.3 is 15.1 Å². The highest BCUT2D eigenvalue weighted by Crippen LogP contribution is 2.59. The van der Waals surface area contributed by atoms with E-state index >= 15 is 0 Å². The van der Waals surface area contributed by atoms with E-state index in [-0.39, 0.29) is 0 Å². The number of aliphatic hydroxyl groups excluding tert-OH is 2. The molecule has 4 fully saturated rings. The van der Waals surface area contributed by atoms with Crippen LogP contribution in [0.5, 0.6) is 0 Å². The summed E-state index contributed by atoms with van der Waals surface area (Å²) in [6, 6.07) is 0.656. The molecule has 7 atom stereocenters. The lowest BCUT2D eigenvalue weighted by Crippen LogP contribution is -2.52. The van der Waals surface area contributed by atoms with Gasteiger partial charge in [0.2, 0.25) is 0 Å². The first-order valence-corrected chi connectivity index (χ1v) is 13.1. The van der Waals surface area contributed by atoms with Gasteiger partial charge in [-0.3, -0.25) is 4.90 Å². The molecule has 0 spiro atoms. The summed E-state index contributed by atoms with van der Waals surface area (Å²) in [6.07, 6.45) is 11.0. The van der Waals surface area contributed by atoms with Crippen LogP contribution in [0.4, 0.5) is 0 Å². The quantitative estimate of drug-likeness (QED) is 0.677. The summed E-state index contributed by atoms with van der Waals surface area (Å²) in [7, 11) is 2.25. The molecular weight excluding hydrogens is 396 g/mol. The van der Waals surface area contributed by atoms with Crippen LogP contribution in [0.1, 0.15) is 65.7 Å². The van der Waals surface area contributed by atoms with E-state index < -0.39 is 12.2 Å². The van der Waals surface area contributed by atoms with Gasteiger partial charge in [-0.2, -0.15) is 0 Å². The highest BCUT2D eigenvalue weighted by molar-refractivity contribution is 5.38. The molecule has 0 radical (unpaired) electrons. The molecule has 4 heteroatoms. The first-order valence-electron chi connectivity index (χ1n) is 13.1. The fourth-order valence-electron chi connectivity index (χ4n) is 7.62. The summed E-state index contributed by atoms with van der Waals surface area (Å²) in [5, 5.41) is 20.3. The summed E-state index contributed by atoms with van der Waals surface area (Å²) < 4.78 is 0. The summed E-state index contributed by atoms with van der Waals surface area (Å²) in [4.78, 5) is 5.20. The third-order valence-corrected chi connectivity index (χ3v) is 9.48. The van der Waals surface area contributed by atoms with Crippen LogP contribution in [0.2, 0.25) is 0 Å². The lowest BCUT2D eigenvalue weighted by molar-refractivity contribution is 0.0434. The summed E-state index contributed by atoms with van der Waals surface area (Å²) in [5.41, 5.74) is 3.82. The monoisotopic (exact) mass is 442 g/mol. The standard InChI is InChI=1S/C28H46N2O2/c1-19(17-30-14-13-29(5)18-20(30)2)25-10-11-26-22(7-6-12-28(25,26)4)8-9-23-15-24(31)16-27(32)21(23)3/h8-9,19-20,24-27,31-32H,3,6-7,10-18H2,1-2,4-5H3/b22-8+,23-9-/t19-,20-,24?,25-,26+,27?,28-/m1/s1. The van der Waals surface area contributed by atoms with Gasteiger partial charge >= 0.3 is 0 Å². The Morgan fingerprint density at radius 2 is 2.00 bits per heavy atom. The van der Waals surface area contributed by atoms with E-state index in [1.54, 1.807) is 5.57 Å². The number of allylic oxidation sites excluding steroid dienone is 3. The van der Waals surface area contributed by atoms with E-state index in [9.17, 15) is 10.2 Å².